The lowest BCUT2D eigenvalue weighted by molar-refractivity contribution is -0.148. The van der Waals surface area contributed by atoms with E-state index in [2.05, 4.69) is 0 Å². The van der Waals surface area contributed by atoms with Crippen LogP contribution in [0.3, 0.4) is 0 Å². The molecule has 0 aliphatic rings. The van der Waals surface area contributed by atoms with Gasteiger partial charge in [0, 0.05) is 6.42 Å². The molecule has 0 aromatic heterocycles. The van der Waals surface area contributed by atoms with Gasteiger partial charge in [0.2, 0.25) is 0 Å². The minimum atomic E-state index is -1.56. The number of nitrogens with two attached hydrogens (primary N) is 1. The summed E-state index contributed by atoms with van der Waals surface area (Å²) < 4.78 is 0. The van der Waals surface area contributed by atoms with Gasteiger partial charge in [-0.1, -0.05) is 0 Å². The molecule has 5 heteroatoms. The monoisotopic (exact) mass is 135 g/mol. The maximum absolute atomic E-state index is 9.82. The SMILES string of the molecule is NC(O)CC(O)C(=O)O. The highest BCUT2D eigenvalue weighted by Crippen LogP contribution is 1.91. The van der Waals surface area contributed by atoms with Gasteiger partial charge in [-0.15, -0.1) is 0 Å². The van der Waals surface area contributed by atoms with Crippen molar-refractivity contribution in [2.45, 2.75) is 18.8 Å². The van der Waals surface area contributed by atoms with Crippen molar-refractivity contribution in [2.24, 2.45) is 5.73 Å². The largest absolute Gasteiger partial charge is 0.479 e. The van der Waals surface area contributed by atoms with Gasteiger partial charge in [0.25, 0.3) is 0 Å². The number of carboxylic acids is 1. The second-order valence-corrected chi connectivity index (χ2v) is 1.66. The summed E-state index contributed by atoms with van der Waals surface area (Å²) in [5.74, 6) is -1.38. The van der Waals surface area contributed by atoms with Crippen molar-refractivity contribution >= 4 is 5.97 Å². The fraction of sp³-hybridized carbons (Fsp3) is 0.750. The molecule has 9 heavy (non-hydrogen) atoms. The normalized spacial score (nSPS) is 16.8. The van der Waals surface area contributed by atoms with Crippen molar-refractivity contribution in [1.29, 1.82) is 0 Å². The highest BCUT2D eigenvalue weighted by atomic mass is 16.4. The van der Waals surface area contributed by atoms with E-state index in [4.69, 9.17) is 21.1 Å². The molecule has 0 spiro atoms. The maximum Gasteiger partial charge on any atom is 0.332 e. The molecule has 0 bridgehead atoms. The number of hydrogen-bond donors (Lipinski definition) is 4. The Balaban J connectivity index is 3.50. The Morgan fingerprint density at radius 1 is 1.56 bits per heavy atom. The Hall–Kier alpha value is -0.650. The van der Waals surface area contributed by atoms with Crippen LogP contribution < -0.4 is 5.73 Å². The van der Waals surface area contributed by atoms with E-state index < -0.39 is 18.3 Å². The Morgan fingerprint density at radius 2 is 2.00 bits per heavy atom. The van der Waals surface area contributed by atoms with Gasteiger partial charge in [-0.25, -0.2) is 4.79 Å². The molecule has 0 amide bonds. The standard InChI is InChI=1S/C4H9NO4/c5-3(7)1-2(6)4(8)9/h2-3,6-7H,1,5H2,(H,8,9). The van der Waals surface area contributed by atoms with E-state index >= 15 is 0 Å². The lowest BCUT2D eigenvalue weighted by Crippen LogP contribution is -2.30. The third kappa shape index (κ3) is 3.89. The van der Waals surface area contributed by atoms with Crippen LogP contribution in [-0.4, -0.2) is 33.6 Å². The van der Waals surface area contributed by atoms with Gasteiger partial charge in [0.15, 0.2) is 6.10 Å². The first-order chi connectivity index (χ1) is 4.04. The van der Waals surface area contributed by atoms with Crippen LogP contribution in [0.15, 0.2) is 0 Å². The molecule has 0 aliphatic heterocycles. The summed E-state index contributed by atoms with van der Waals surface area (Å²) in [6.07, 6.45) is -3.17. The topological polar surface area (TPSA) is 104 Å². The lowest BCUT2D eigenvalue weighted by atomic mass is 10.2. The third-order valence-corrected chi connectivity index (χ3v) is 0.750. The second kappa shape index (κ2) is 3.39. The van der Waals surface area contributed by atoms with Crippen molar-refractivity contribution in [2.75, 3.05) is 0 Å². The maximum atomic E-state index is 9.82. The van der Waals surface area contributed by atoms with E-state index in [1.807, 2.05) is 0 Å². The summed E-state index contributed by atoms with van der Waals surface area (Å²) in [5, 5.41) is 24.8. The minimum absolute atomic E-state index is 0.338. The zero-order valence-corrected chi connectivity index (χ0v) is 4.69. The number of rotatable bonds is 3. The Morgan fingerprint density at radius 3 is 2.11 bits per heavy atom. The fourth-order valence-electron chi connectivity index (χ4n) is 0.330. The molecule has 0 aromatic carbocycles. The van der Waals surface area contributed by atoms with Gasteiger partial charge >= 0.3 is 5.97 Å². The molecule has 0 saturated carbocycles. The molecule has 54 valence electrons. The molecule has 0 aliphatic carbocycles. The van der Waals surface area contributed by atoms with Gasteiger partial charge < -0.3 is 21.1 Å². The van der Waals surface area contributed by atoms with Crippen LogP contribution >= 0.6 is 0 Å². The molecule has 0 rings (SSSR count). The zero-order valence-electron chi connectivity index (χ0n) is 4.69. The summed E-state index contributed by atoms with van der Waals surface area (Å²) in [5.41, 5.74) is 4.76. The molecule has 5 nitrogen and oxygen atoms in total. The molecule has 0 saturated heterocycles. The van der Waals surface area contributed by atoms with Crippen molar-refractivity contribution in [1.82, 2.24) is 0 Å². The molecule has 5 N–H and O–H groups in total. The van der Waals surface area contributed by atoms with Crippen LogP contribution in [0.2, 0.25) is 0 Å². The average Bonchev–Trinajstić information content (AvgIpc) is 1.63. The third-order valence-electron chi connectivity index (χ3n) is 0.750. The van der Waals surface area contributed by atoms with Crippen molar-refractivity contribution in [3.63, 3.8) is 0 Å². The number of aliphatic hydroxyl groups excluding tert-OH is 2. The molecular formula is C4H9NO4. The Labute approximate surface area is 51.7 Å². The first kappa shape index (κ1) is 8.35. The fourth-order valence-corrected chi connectivity index (χ4v) is 0.330. The van der Waals surface area contributed by atoms with Crippen LogP contribution in [-0.2, 0) is 4.79 Å². The Bertz CT molecular complexity index is 103. The number of aliphatic carboxylic acids is 1. The molecule has 0 radical (unpaired) electrons. The van der Waals surface area contributed by atoms with Gasteiger partial charge in [-0.3, -0.25) is 0 Å². The van der Waals surface area contributed by atoms with E-state index in [9.17, 15) is 4.79 Å². The van der Waals surface area contributed by atoms with E-state index in [1.165, 1.54) is 0 Å². The highest BCUT2D eigenvalue weighted by Gasteiger charge is 2.14. The van der Waals surface area contributed by atoms with Crippen LogP contribution in [0.5, 0.6) is 0 Å². The van der Waals surface area contributed by atoms with Crippen LogP contribution in [0, 0.1) is 0 Å². The molecule has 2 atom stereocenters. The summed E-state index contributed by atoms with van der Waals surface area (Å²) in [7, 11) is 0. The zero-order chi connectivity index (χ0) is 7.44. The molecule has 0 heterocycles. The van der Waals surface area contributed by atoms with Crippen LogP contribution in [0.1, 0.15) is 6.42 Å². The van der Waals surface area contributed by atoms with Crippen LogP contribution in [0.4, 0.5) is 0 Å². The smallest absolute Gasteiger partial charge is 0.332 e. The van der Waals surface area contributed by atoms with E-state index in [0.29, 0.717) is 0 Å². The number of carbonyl (C=O) groups is 1. The number of carboxylic acid groups (broad SMARTS) is 1. The summed E-state index contributed by atoms with van der Waals surface area (Å²) in [6, 6.07) is 0. The van der Waals surface area contributed by atoms with E-state index in [1.54, 1.807) is 0 Å². The molecular weight excluding hydrogens is 126 g/mol. The Kier molecular flexibility index (Phi) is 3.15. The quantitative estimate of drug-likeness (QED) is 0.338. The second-order valence-electron chi connectivity index (χ2n) is 1.66. The summed E-state index contributed by atoms with van der Waals surface area (Å²) in [4.78, 5) is 9.82. The van der Waals surface area contributed by atoms with Gasteiger partial charge in [0.05, 0.1) is 0 Å². The van der Waals surface area contributed by atoms with E-state index in [-0.39, 0.29) is 6.42 Å². The predicted octanol–water partition coefficient (Wildman–Crippen LogP) is -1.90. The molecule has 0 fully saturated rings. The van der Waals surface area contributed by atoms with Crippen molar-refractivity contribution < 1.29 is 20.1 Å². The highest BCUT2D eigenvalue weighted by molar-refractivity contribution is 5.71. The van der Waals surface area contributed by atoms with Crippen molar-refractivity contribution in [3.05, 3.63) is 0 Å². The minimum Gasteiger partial charge on any atom is -0.479 e. The van der Waals surface area contributed by atoms with Gasteiger partial charge in [-0.05, 0) is 0 Å². The number of hydrogen-bond acceptors (Lipinski definition) is 4. The van der Waals surface area contributed by atoms with Crippen LogP contribution in [0.25, 0.3) is 0 Å². The summed E-state index contributed by atoms with van der Waals surface area (Å²) >= 11 is 0. The molecule has 0 aromatic rings. The first-order valence-corrected chi connectivity index (χ1v) is 2.38. The molecule has 2 unspecified atom stereocenters. The average molecular weight is 135 g/mol. The predicted molar refractivity (Wildman–Crippen MR) is 28.5 cm³/mol. The van der Waals surface area contributed by atoms with Crippen molar-refractivity contribution in [3.8, 4) is 0 Å². The summed E-state index contributed by atoms with van der Waals surface area (Å²) in [6.45, 7) is 0. The van der Waals surface area contributed by atoms with Gasteiger partial charge in [-0.2, -0.15) is 0 Å². The van der Waals surface area contributed by atoms with E-state index in [0.717, 1.165) is 0 Å². The van der Waals surface area contributed by atoms with Gasteiger partial charge in [0.1, 0.15) is 6.23 Å². The lowest BCUT2D eigenvalue weighted by Gasteiger charge is -2.05. The first-order valence-electron chi connectivity index (χ1n) is 2.38. The number of aliphatic hydroxyl groups is 2.